The van der Waals surface area contributed by atoms with Gasteiger partial charge in [0.05, 0.1) is 11.6 Å². The number of urea groups is 1. The molecule has 0 saturated carbocycles. The Hall–Kier alpha value is -4.39. The lowest BCUT2D eigenvalue weighted by Crippen LogP contribution is -2.38. The lowest BCUT2D eigenvalue weighted by molar-refractivity contribution is -0.134. The number of carbonyl (C=O) groups is 4. The van der Waals surface area contributed by atoms with E-state index in [0.29, 0.717) is 35.8 Å². The number of nitriles is 1. The number of carbonyl (C=O) groups excluding carboxylic acids is 4. The van der Waals surface area contributed by atoms with Crippen LogP contribution in [0.4, 0.5) is 10.5 Å². The molecule has 0 spiro atoms. The van der Waals surface area contributed by atoms with Crippen LogP contribution in [-0.2, 0) is 9.59 Å². The van der Waals surface area contributed by atoms with Gasteiger partial charge in [0.15, 0.2) is 0 Å². The fraction of sp³-hybridized carbons (Fsp3) is 0.393. The van der Waals surface area contributed by atoms with Crippen LogP contribution in [0.1, 0.15) is 52.2 Å². The number of amides is 5. The van der Waals surface area contributed by atoms with Crippen LogP contribution >= 0.6 is 0 Å². The minimum Gasteiger partial charge on any atom is -0.354 e. The Kier molecular flexibility index (Phi) is 9.82. The molecule has 0 atom stereocenters. The number of piperidine rings is 1. The zero-order chi connectivity index (χ0) is 27.7. The first-order valence-corrected chi connectivity index (χ1v) is 12.6. The summed E-state index contributed by atoms with van der Waals surface area (Å²) in [6.07, 6.45) is 1.44. The van der Waals surface area contributed by atoms with E-state index in [1.807, 2.05) is 36.1 Å². The summed E-state index contributed by atoms with van der Waals surface area (Å²) >= 11 is 0. The molecule has 1 heterocycles. The van der Waals surface area contributed by atoms with Gasteiger partial charge in [0.25, 0.3) is 5.91 Å². The predicted octanol–water partition coefficient (Wildman–Crippen LogP) is 2.60. The van der Waals surface area contributed by atoms with Crippen molar-refractivity contribution in [2.75, 3.05) is 45.6 Å². The number of likely N-dealkylation sites (tertiary alicyclic amines) is 1. The molecule has 0 bridgehead atoms. The van der Waals surface area contributed by atoms with Crippen molar-refractivity contribution in [2.24, 2.45) is 0 Å². The zero-order valence-electron chi connectivity index (χ0n) is 22.0. The molecule has 1 aliphatic heterocycles. The van der Waals surface area contributed by atoms with E-state index >= 15 is 0 Å². The molecule has 200 valence electrons. The highest BCUT2D eigenvalue weighted by Gasteiger charge is 2.25. The molecule has 2 aromatic carbocycles. The SMILES string of the molecule is Cc1ccc(C(=O)N2CCC(c3ccc(C#N)cc3)CC2)cc1NC(=O)NCCNC(=O)CC(=O)N(C)C. The van der Waals surface area contributed by atoms with Crippen molar-refractivity contribution >= 4 is 29.4 Å². The number of nitrogens with one attached hydrogen (secondary N) is 3. The minimum absolute atomic E-state index is 0.0817. The van der Waals surface area contributed by atoms with E-state index in [4.69, 9.17) is 5.26 Å². The molecule has 38 heavy (non-hydrogen) atoms. The Morgan fingerprint density at radius 1 is 1.00 bits per heavy atom. The van der Waals surface area contributed by atoms with Crippen LogP contribution in [0.5, 0.6) is 0 Å². The van der Waals surface area contributed by atoms with Crippen LogP contribution in [-0.4, -0.2) is 73.8 Å². The number of aryl methyl sites for hydroxylation is 1. The summed E-state index contributed by atoms with van der Waals surface area (Å²) in [5.74, 6) is -0.437. The highest BCUT2D eigenvalue weighted by Crippen LogP contribution is 2.29. The number of nitrogens with zero attached hydrogens (tertiary/aromatic N) is 3. The Labute approximate surface area is 223 Å². The normalized spacial score (nSPS) is 13.3. The molecule has 0 unspecified atom stereocenters. The molecule has 0 aliphatic carbocycles. The summed E-state index contributed by atoms with van der Waals surface area (Å²) in [5.41, 5.74) is 3.66. The predicted molar refractivity (Wildman–Crippen MR) is 144 cm³/mol. The minimum atomic E-state index is -0.459. The van der Waals surface area contributed by atoms with Crippen LogP contribution < -0.4 is 16.0 Å². The van der Waals surface area contributed by atoms with E-state index in [0.717, 1.165) is 18.4 Å². The van der Waals surface area contributed by atoms with Crippen molar-refractivity contribution in [3.63, 3.8) is 0 Å². The monoisotopic (exact) mass is 518 g/mol. The fourth-order valence-corrected chi connectivity index (χ4v) is 4.22. The van der Waals surface area contributed by atoms with E-state index in [9.17, 15) is 19.2 Å². The van der Waals surface area contributed by atoms with Gasteiger partial charge in [-0.15, -0.1) is 0 Å². The smallest absolute Gasteiger partial charge is 0.319 e. The van der Waals surface area contributed by atoms with E-state index in [1.54, 1.807) is 32.3 Å². The van der Waals surface area contributed by atoms with Gasteiger partial charge in [-0.3, -0.25) is 14.4 Å². The first-order chi connectivity index (χ1) is 18.2. The first kappa shape index (κ1) is 28.2. The summed E-state index contributed by atoms with van der Waals surface area (Å²) in [7, 11) is 3.15. The number of hydrogen-bond acceptors (Lipinski definition) is 5. The summed E-state index contributed by atoms with van der Waals surface area (Å²) in [4.78, 5) is 52.0. The third-order valence-corrected chi connectivity index (χ3v) is 6.57. The van der Waals surface area contributed by atoms with E-state index in [2.05, 4.69) is 22.0 Å². The lowest BCUT2D eigenvalue weighted by Gasteiger charge is -2.32. The van der Waals surface area contributed by atoms with Gasteiger partial charge in [0.1, 0.15) is 6.42 Å². The van der Waals surface area contributed by atoms with Gasteiger partial charge in [0.2, 0.25) is 11.8 Å². The molecule has 1 saturated heterocycles. The average Bonchev–Trinajstić information content (AvgIpc) is 2.92. The highest BCUT2D eigenvalue weighted by atomic mass is 16.2. The Balaban J connectivity index is 1.48. The second-order valence-electron chi connectivity index (χ2n) is 9.53. The molecule has 2 aromatic rings. The van der Waals surface area contributed by atoms with E-state index in [1.165, 1.54) is 10.5 Å². The lowest BCUT2D eigenvalue weighted by atomic mass is 9.89. The standard InChI is InChI=1S/C28H34N6O4/c1-19-4-7-23(16-24(19)32-28(38)31-13-12-30-25(35)17-26(36)33(2)3)27(37)34-14-10-22(11-15-34)21-8-5-20(18-29)6-9-21/h4-9,16,22H,10-15,17H2,1-3H3,(H,30,35)(H2,31,32,38). The Morgan fingerprint density at radius 2 is 1.66 bits per heavy atom. The van der Waals surface area contributed by atoms with Crippen molar-refractivity contribution in [2.45, 2.75) is 32.1 Å². The maximum Gasteiger partial charge on any atom is 0.319 e. The maximum atomic E-state index is 13.2. The van der Waals surface area contributed by atoms with Crippen molar-refractivity contribution in [1.82, 2.24) is 20.4 Å². The molecule has 10 nitrogen and oxygen atoms in total. The molecular weight excluding hydrogens is 484 g/mol. The van der Waals surface area contributed by atoms with Crippen LogP contribution in [0.3, 0.4) is 0 Å². The molecule has 0 radical (unpaired) electrons. The number of rotatable bonds is 8. The van der Waals surface area contributed by atoms with E-state index in [-0.39, 0.29) is 31.3 Å². The average molecular weight is 519 g/mol. The first-order valence-electron chi connectivity index (χ1n) is 12.6. The second kappa shape index (κ2) is 13.2. The van der Waals surface area contributed by atoms with Crippen molar-refractivity contribution in [3.8, 4) is 6.07 Å². The molecule has 3 N–H and O–H groups in total. The van der Waals surface area contributed by atoms with Gasteiger partial charge in [-0.2, -0.15) is 5.26 Å². The van der Waals surface area contributed by atoms with Crippen LogP contribution in [0.2, 0.25) is 0 Å². The molecule has 10 heteroatoms. The highest BCUT2D eigenvalue weighted by molar-refractivity contribution is 5.98. The van der Waals surface area contributed by atoms with Crippen molar-refractivity contribution in [1.29, 1.82) is 5.26 Å². The van der Waals surface area contributed by atoms with Gasteiger partial charge < -0.3 is 25.8 Å². The largest absolute Gasteiger partial charge is 0.354 e. The summed E-state index contributed by atoms with van der Waals surface area (Å²) < 4.78 is 0. The maximum absolute atomic E-state index is 13.2. The summed E-state index contributed by atoms with van der Waals surface area (Å²) in [6, 6.07) is 14.6. The number of anilines is 1. The zero-order valence-corrected chi connectivity index (χ0v) is 22.0. The summed E-state index contributed by atoms with van der Waals surface area (Å²) in [5, 5.41) is 17.0. The number of hydrogen-bond donors (Lipinski definition) is 3. The van der Waals surface area contributed by atoms with Gasteiger partial charge in [0, 0.05) is 51.5 Å². The Morgan fingerprint density at radius 3 is 2.29 bits per heavy atom. The topological polar surface area (TPSA) is 135 Å². The summed E-state index contributed by atoms with van der Waals surface area (Å²) in [6.45, 7) is 3.47. The van der Waals surface area contributed by atoms with Gasteiger partial charge in [-0.25, -0.2) is 4.79 Å². The van der Waals surface area contributed by atoms with Crippen LogP contribution in [0.15, 0.2) is 42.5 Å². The molecule has 1 aliphatic rings. The third-order valence-electron chi connectivity index (χ3n) is 6.57. The van der Waals surface area contributed by atoms with Gasteiger partial charge >= 0.3 is 6.03 Å². The van der Waals surface area contributed by atoms with Gasteiger partial charge in [-0.1, -0.05) is 18.2 Å². The second-order valence-corrected chi connectivity index (χ2v) is 9.53. The van der Waals surface area contributed by atoms with Crippen LogP contribution in [0.25, 0.3) is 0 Å². The number of benzene rings is 2. The quantitative estimate of drug-likeness (QED) is 0.365. The van der Waals surface area contributed by atoms with Gasteiger partial charge in [-0.05, 0) is 61.1 Å². The molecule has 3 rings (SSSR count). The third kappa shape index (κ3) is 7.80. The fourth-order valence-electron chi connectivity index (χ4n) is 4.22. The van der Waals surface area contributed by atoms with Crippen molar-refractivity contribution < 1.29 is 19.2 Å². The van der Waals surface area contributed by atoms with Crippen LogP contribution in [0, 0.1) is 18.3 Å². The molecule has 0 aromatic heterocycles. The van der Waals surface area contributed by atoms with Crippen molar-refractivity contribution in [3.05, 3.63) is 64.7 Å². The van der Waals surface area contributed by atoms with E-state index < -0.39 is 11.9 Å². The Bertz CT molecular complexity index is 1210. The molecular formula is C28H34N6O4. The molecule has 5 amide bonds. The molecule has 1 fully saturated rings.